The van der Waals surface area contributed by atoms with E-state index in [1.807, 2.05) is 32.9 Å². The van der Waals surface area contributed by atoms with Gasteiger partial charge in [-0.2, -0.15) is 0 Å². The van der Waals surface area contributed by atoms with Crippen LogP contribution >= 0.6 is 27.7 Å². The number of ether oxygens (including phenoxy) is 2. The van der Waals surface area contributed by atoms with E-state index in [0.717, 1.165) is 27.8 Å². The molecule has 1 aliphatic rings. The molecule has 1 saturated heterocycles. The van der Waals surface area contributed by atoms with E-state index < -0.39 is 17.1 Å². The van der Waals surface area contributed by atoms with Crippen molar-refractivity contribution in [2.75, 3.05) is 25.6 Å². The molecule has 0 spiro atoms. The summed E-state index contributed by atoms with van der Waals surface area (Å²) in [4.78, 5) is 38.8. The van der Waals surface area contributed by atoms with Gasteiger partial charge in [0, 0.05) is 10.2 Å². The first-order chi connectivity index (χ1) is 15.2. The van der Waals surface area contributed by atoms with E-state index in [-0.39, 0.29) is 11.4 Å². The second-order valence-electron chi connectivity index (χ2n) is 7.07. The van der Waals surface area contributed by atoms with Crippen molar-refractivity contribution in [3.8, 4) is 11.5 Å². The van der Waals surface area contributed by atoms with Gasteiger partial charge >= 0.3 is 0 Å². The Bertz CT molecular complexity index is 1120. The molecule has 0 aromatic heterocycles. The summed E-state index contributed by atoms with van der Waals surface area (Å²) >= 11 is 4.25. The fourth-order valence-electron chi connectivity index (χ4n) is 3.03. The van der Waals surface area contributed by atoms with E-state index in [2.05, 4.69) is 21.2 Å². The molecular formula is C23H23BrN2O5S. The van der Waals surface area contributed by atoms with Gasteiger partial charge in [-0.05, 0) is 79.6 Å². The minimum atomic E-state index is -0.518. The molecule has 7 nitrogen and oxygen atoms in total. The number of nitrogens with zero attached hydrogens (tertiary/aromatic N) is 1. The Balaban J connectivity index is 1.76. The molecule has 0 aliphatic carbocycles. The van der Waals surface area contributed by atoms with Crippen LogP contribution in [0.4, 0.5) is 10.5 Å². The van der Waals surface area contributed by atoms with Crippen LogP contribution < -0.4 is 14.8 Å². The largest absolute Gasteiger partial charge is 0.493 e. The smallest absolute Gasteiger partial charge is 0.294 e. The quantitative estimate of drug-likeness (QED) is 0.510. The van der Waals surface area contributed by atoms with Gasteiger partial charge in [-0.3, -0.25) is 19.3 Å². The standard InChI is InChI=1S/C23H23BrN2O5S/c1-5-31-19-9-15(17(24)11-18(19)30-4)10-20-22(28)26(23(29)32-20)12-21(27)25-16-7-6-13(2)14(3)8-16/h6-11H,5,12H2,1-4H3,(H,25,27)/b20-10+. The summed E-state index contributed by atoms with van der Waals surface area (Å²) in [6.07, 6.45) is 1.60. The summed E-state index contributed by atoms with van der Waals surface area (Å²) in [7, 11) is 1.54. The van der Waals surface area contributed by atoms with Gasteiger partial charge in [-0.25, -0.2) is 0 Å². The fourth-order valence-corrected chi connectivity index (χ4v) is 4.30. The number of hydrogen-bond donors (Lipinski definition) is 1. The van der Waals surface area contributed by atoms with E-state index in [1.54, 1.807) is 24.3 Å². The number of nitrogens with one attached hydrogen (secondary N) is 1. The van der Waals surface area contributed by atoms with Gasteiger partial charge in [0.05, 0.1) is 18.6 Å². The van der Waals surface area contributed by atoms with Crippen LogP contribution in [-0.4, -0.2) is 42.2 Å². The number of benzene rings is 2. The van der Waals surface area contributed by atoms with Gasteiger partial charge in [0.1, 0.15) is 6.54 Å². The molecule has 2 aromatic rings. The molecule has 168 valence electrons. The number of carbonyl (C=O) groups excluding carboxylic acids is 3. The number of thioether (sulfide) groups is 1. The molecule has 9 heteroatoms. The number of methoxy groups -OCH3 is 1. The molecular weight excluding hydrogens is 496 g/mol. The van der Waals surface area contributed by atoms with E-state index in [1.165, 1.54) is 7.11 Å². The van der Waals surface area contributed by atoms with Gasteiger partial charge in [-0.15, -0.1) is 0 Å². The first kappa shape index (κ1) is 23.9. The van der Waals surface area contributed by atoms with Crippen molar-refractivity contribution >= 4 is 56.5 Å². The predicted molar refractivity (Wildman–Crippen MR) is 129 cm³/mol. The zero-order chi connectivity index (χ0) is 23.4. The van der Waals surface area contributed by atoms with Crippen molar-refractivity contribution < 1.29 is 23.9 Å². The topological polar surface area (TPSA) is 84.9 Å². The highest BCUT2D eigenvalue weighted by atomic mass is 79.9. The minimum absolute atomic E-state index is 0.224. The molecule has 0 radical (unpaired) electrons. The van der Waals surface area contributed by atoms with Gasteiger partial charge in [0.25, 0.3) is 11.1 Å². The Morgan fingerprint density at radius 1 is 1.16 bits per heavy atom. The van der Waals surface area contributed by atoms with Crippen LogP contribution in [-0.2, 0) is 9.59 Å². The maximum atomic E-state index is 12.8. The Labute approximate surface area is 199 Å². The number of hydrogen-bond acceptors (Lipinski definition) is 6. The number of anilines is 1. The summed E-state index contributed by atoms with van der Waals surface area (Å²) in [6, 6.07) is 8.99. The van der Waals surface area contributed by atoms with Gasteiger partial charge < -0.3 is 14.8 Å². The van der Waals surface area contributed by atoms with Crippen molar-refractivity contribution in [3.05, 3.63) is 56.4 Å². The average Bonchev–Trinajstić information content (AvgIpc) is 3.00. The number of rotatable bonds is 7. The molecule has 0 atom stereocenters. The zero-order valence-electron chi connectivity index (χ0n) is 18.2. The third-order valence-corrected chi connectivity index (χ3v) is 6.43. The Kier molecular flexibility index (Phi) is 7.63. The lowest BCUT2D eigenvalue weighted by atomic mass is 10.1. The third kappa shape index (κ3) is 5.34. The maximum absolute atomic E-state index is 12.8. The predicted octanol–water partition coefficient (Wildman–Crippen LogP) is 5.15. The first-order valence-electron chi connectivity index (χ1n) is 9.86. The summed E-state index contributed by atoms with van der Waals surface area (Å²) in [5, 5.41) is 2.24. The Hall–Kier alpha value is -2.78. The molecule has 2 aromatic carbocycles. The van der Waals surface area contributed by atoms with Crippen molar-refractivity contribution in [1.29, 1.82) is 0 Å². The highest BCUT2D eigenvalue weighted by molar-refractivity contribution is 9.10. The molecule has 32 heavy (non-hydrogen) atoms. The maximum Gasteiger partial charge on any atom is 0.294 e. The van der Waals surface area contributed by atoms with Gasteiger partial charge in [-0.1, -0.05) is 22.0 Å². The van der Waals surface area contributed by atoms with Crippen LogP contribution in [0.25, 0.3) is 6.08 Å². The zero-order valence-corrected chi connectivity index (χ0v) is 20.6. The molecule has 1 N–H and O–H groups in total. The molecule has 1 heterocycles. The number of carbonyl (C=O) groups is 3. The normalized spacial score (nSPS) is 14.8. The summed E-state index contributed by atoms with van der Waals surface area (Å²) < 4.78 is 11.6. The SMILES string of the molecule is CCOc1cc(/C=C2/SC(=O)N(CC(=O)Nc3ccc(C)c(C)c3)C2=O)c(Br)cc1OC. The number of imide groups is 1. The molecule has 1 aliphatic heterocycles. The fraction of sp³-hybridized carbons (Fsp3) is 0.261. The highest BCUT2D eigenvalue weighted by Crippen LogP contribution is 2.38. The summed E-state index contributed by atoms with van der Waals surface area (Å²) in [6.45, 7) is 5.87. The van der Waals surface area contributed by atoms with Crippen molar-refractivity contribution in [2.45, 2.75) is 20.8 Å². The molecule has 0 unspecified atom stereocenters. The molecule has 0 saturated carbocycles. The van der Waals surface area contributed by atoms with E-state index >= 15 is 0 Å². The van der Waals surface area contributed by atoms with Crippen LogP contribution in [0.15, 0.2) is 39.7 Å². The van der Waals surface area contributed by atoms with E-state index in [0.29, 0.717) is 33.8 Å². The lowest BCUT2D eigenvalue weighted by molar-refractivity contribution is -0.127. The van der Waals surface area contributed by atoms with E-state index in [9.17, 15) is 14.4 Å². The van der Waals surface area contributed by atoms with Crippen molar-refractivity contribution in [2.24, 2.45) is 0 Å². The van der Waals surface area contributed by atoms with Crippen LogP contribution in [0.3, 0.4) is 0 Å². The minimum Gasteiger partial charge on any atom is -0.493 e. The second-order valence-corrected chi connectivity index (χ2v) is 8.92. The number of amides is 3. The lowest BCUT2D eigenvalue weighted by Crippen LogP contribution is -2.36. The molecule has 3 amide bonds. The number of halogens is 1. The van der Waals surface area contributed by atoms with Gasteiger partial charge in [0.2, 0.25) is 5.91 Å². The first-order valence-corrected chi connectivity index (χ1v) is 11.5. The van der Waals surface area contributed by atoms with Gasteiger partial charge in [0.15, 0.2) is 11.5 Å². The molecule has 0 bridgehead atoms. The Morgan fingerprint density at radius 3 is 2.56 bits per heavy atom. The van der Waals surface area contributed by atoms with Crippen molar-refractivity contribution in [1.82, 2.24) is 4.90 Å². The molecule has 1 fully saturated rings. The lowest BCUT2D eigenvalue weighted by Gasteiger charge is -2.13. The van der Waals surface area contributed by atoms with E-state index in [4.69, 9.17) is 9.47 Å². The number of aryl methyl sites for hydroxylation is 2. The summed E-state index contributed by atoms with van der Waals surface area (Å²) in [5.41, 5.74) is 3.41. The van der Waals surface area contributed by atoms with Crippen LogP contribution in [0, 0.1) is 13.8 Å². The van der Waals surface area contributed by atoms with Crippen LogP contribution in [0.1, 0.15) is 23.6 Å². The van der Waals surface area contributed by atoms with Crippen LogP contribution in [0.2, 0.25) is 0 Å². The second kappa shape index (κ2) is 10.2. The Morgan fingerprint density at radius 2 is 1.91 bits per heavy atom. The van der Waals surface area contributed by atoms with Crippen LogP contribution in [0.5, 0.6) is 11.5 Å². The monoisotopic (exact) mass is 518 g/mol. The average molecular weight is 519 g/mol. The van der Waals surface area contributed by atoms with Crippen molar-refractivity contribution in [3.63, 3.8) is 0 Å². The molecule has 3 rings (SSSR count). The third-order valence-electron chi connectivity index (χ3n) is 4.84. The summed E-state index contributed by atoms with van der Waals surface area (Å²) in [5.74, 6) is 0.111. The highest BCUT2D eigenvalue weighted by Gasteiger charge is 2.36.